The van der Waals surface area contributed by atoms with E-state index in [-0.39, 0.29) is 6.04 Å². The van der Waals surface area contributed by atoms with Crippen LogP contribution >= 0.6 is 0 Å². The summed E-state index contributed by atoms with van der Waals surface area (Å²) in [5.41, 5.74) is 7.40. The molecule has 2 heterocycles. The quantitative estimate of drug-likeness (QED) is 0.896. The molecule has 5 nitrogen and oxygen atoms in total. The van der Waals surface area contributed by atoms with Crippen molar-refractivity contribution in [3.63, 3.8) is 0 Å². The average Bonchev–Trinajstić information content (AvgIpc) is 2.53. The van der Waals surface area contributed by atoms with Gasteiger partial charge >= 0.3 is 0 Å². The fourth-order valence-corrected chi connectivity index (χ4v) is 2.60. The van der Waals surface area contributed by atoms with E-state index in [2.05, 4.69) is 4.90 Å². The summed E-state index contributed by atoms with van der Waals surface area (Å²) in [5, 5.41) is 0. The van der Waals surface area contributed by atoms with E-state index in [1.807, 2.05) is 18.2 Å². The van der Waals surface area contributed by atoms with Gasteiger partial charge in [0.1, 0.15) is 13.2 Å². The van der Waals surface area contributed by atoms with E-state index in [4.69, 9.17) is 19.9 Å². The van der Waals surface area contributed by atoms with Gasteiger partial charge in [-0.15, -0.1) is 0 Å². The third-order valence-electron chi connectivity index (χ3n) is 3.85. The van der Waals surface area contributed by atoms with Crippen molar-refractivity contribution in [2.45, 2.75) is 12.5 Å². The first kappa shape index (κ1) is 13.7. The van der Waals surface area contributed by atoms with Crippen molar-refractivity contribution in [3.05, 3.63) is 23.8 Å². The van der Waals surface area contributed by atoms with Gasteiger partial charge in [-0.05, 0) is 24.1 Å². The van der Waals surface area contributed by atoms with Crippen molar-refractivity contribution in [2.24, 2.45) is 5.73 Å². The summed E-state index contributed by atoms with van der Waals surface area (Å²) < 4.78 is 16.5. The van der Waals surface area contributed by atoms with E-state index in [1.54, 1.807) is 0 Å². The van der Waals surface area contributed by atoms with Crippen LogP contribution in [0.5, 0.6) is 11.5 Å². The van der Waals surface area contributed by atoms with Crippen LogP contribution in [0.3, 0.4) is 0 Å². The maximum absolute atomic E-state index is 6.29. The lowest BCUT2D eigenvalue weighted by Crippen LogP contribution is -2.37. The van der Waals surface area contributed by atoms with Crippen LogP contribution in [0.4, 0.5) is 0 Å². The van der Waals surface area contributed by atoms with E-state index in [1.165, 1.54) is 0 Å². The monoisotopic (exact) mass is 278 g/mol. The minimum absolute atomic E-state index is 0.0358. The van der Waals surface area contributed by atoms with Gasteiger partial charge in [0.15, 0.2) is 11.5 Å². The minimum atomic E-state index is 0.0358. The van der Waals surface area contributed by atoms with E-state index in [9.17, 15) is 0 Å². The van der Waals surface area contributed by atoms with E-state index in [0.29, 0.717) is 13.2 Å². The zero-order valence-corrected chi connectivity index (χ0v) is 11.7. The second-order valence-corrected chi connectivity index (χ2v) is 5.25. The Morgan fingerprint density at radius 1 is 1.05 bits per heavy atom. The standard InChI is InChI=1S/C15H22N2O3/c16-13(3-4-17-5-7-18-8-6-17)12-1-2-14-15(11-12)20-10-9-19-14/h1-2,11,13H,3-10,16H2. The number of nitrogens with zero attached hydrogens (tertiary/aromatic N) is 1. The first-order valence-electron chi connectivity index (χ1n) is 7.28. The highest BCUT2D eigenvalue weighted by molar-refractivity contribution is 5.44. The number of morpholine rings is 1. The third kappa shape index (κ3) is 3.23. The Hall–Kier alpha value is -1.30. The van der Waals surface area contributed by atoms with Crippen LogP contribution in [0.1, 0.15) is 18.0 Å². The average molecular weight is 278 g/mol. The van der Waals surface area contributed by atoms with Gasteiger partial charge in [-0.3, -0.25) is 4.90 Å². The van der Waals surface area contributed by atoms with Crippen LogP contribution in [0.2, 0.25) is 0 Å². The molecule has 0 bridgehead atoms. The molecule has 1 fully saturated rings. The molecule has 2 aliphatic rings. The Balaban J connectivity index is 1.57. The number of benzene rings is 1. The summed E-state index contributed by atoms with van der Waals surface area (Å²) in [4.78, 5) is 2.40. The summed E-state index contributed by atoms with van der Waals surface area (Å²) in [6, 6.07) is 6.04. The molecule has 5 heteroatoms. The lowest BCUT2D eigenvalue weighted by molar-refractivity contribution is 0.0366. The lowest BCUT2D eigenvalue weighted by atomic mass is 10.0. The van der Waals surface area contributed by atoms with Gasteiger partial charge in [-0.1, -0.05) is 6.07 Å². The zero-order chi connectivity index (χ0) is 13.8. The number of nitrogens with two attached hydrogens (primary N) is 1. The minimum Gasteiger partial charge on any atom is -0.486 e. The molecule has 1 aromatic rings. The van der Waals surface area contributed by atoms with Crippen molar-refractivity contribution in [3.8, 4) is 11.5 Å². The molecule has 0 aliphatic carbocycles. The summed E-state index contributed by atoms with van der Waals surface area (Å²) in [7, 11) is 0. The van der Waals surface area contributed by atoms with E-state index < -0.39 is 0 Å². The van der Waals surface area contributed by atoms with Crippen molar-refractivity contribution < 1.29 is 14.2 Å². The summed E-state index contributed by atoms with van der Waals surface area (Å²) in [5.74, 6) is 1.64. The van der Waals surface area contributed by atoms with Crippen molar-refractivity contribution in [1.82, 2.24) is 4.90 Å². The van der Waals surface area contributed by atoms with Crippen molar-refractivity contribution in [1.29, 1.82) is 0 Å². The molecule has 0 amide bonds. The van der Waals surface area contributed by atoms with Crippen LogP contribution in [0.25, 0.3) is 0 Å². The molecule has 0 spiro atoms. The Morgan fingerprint density at radius 2 is 1.80 bits per heavy atom. The highest BCUT2D eigenvalue weighted by Crippen LogP contribution is 2.32. The van der Waals surface area contributed by atoms with E-state index in [0.717, 1.165) is 56.3 Å². The molecule has 0 saturated carbocycles. The largest absolute Gasteiger partial charge is 0.486 e. The molecule has 1 aromatic carbocycles. The molecule has 0 radical (unpaired) electrons. The van der Waals surface area contributed by atoms with Crippen LogP contribution < -0.4 is 15.2 Å². The fourth-order valence-electron chi connectivity index (χ4n) is 2.60. The first-order chi connectivity index (χ1) is 9.83. The van der Waals surface area contributed by atoms with Gasteiger partial charge in [0.25, 0.3) is 0 Å². The Labute approximate surface area is 119 Å². The molecule has 1 unspecified atom stereocenters. The Bertz CT molecular complexity index is 447. The molecular weight excluding hydrogens is 256 g/mol. The van der Waals surface area contributed by atoms with Gasteiger partial charge in [0.2, 0.25) is 0 Å². The fraction of sp³-hybridized carbons (Fsp3) is 0.600. The van der Waals surface area contributed by atoms with Gasteiger partial charge < -0.3 is 19.9 Å². The maximum atomic E-state index is 6.29. The van der Waals surface area contributed by atoms with Crippen molar-refractivity contribution in [2.75, 3.05) is 46.1 Å². The maximum Gasteiger partial charge on any atom is 0.161 e. The number of hydrogen-bond acceptors (Lipinski definition) is 5. The predicted octanol–water partition coefficient (Wildman–Crippen LogP) is 1.18. The van der Waals surface area contributed by atoms with Gasteiger partial charge in [-0.25, -0.2) is 0 Å². The molecule has 110 valence electrons. The highest BCUT2D eigenvalue weighted by atomic mass is 16.6. The second-order valence-electron chi connectivity index (χ2n) is 5.25. The smallest absolute Gasteiger partial charge is 0.161 e. The van der Waals surface area contributed by atoms with Gasteiger partial charge in [0, 0.05) is 25.7 Å². The lowest BCUT2D eigenvalue weighted by Gasteiger charge is -2.27. The molecular formula is C15H22N2O3. The predicted molar refractivity (Wildman–Crippen MR) is 76.2 cm³/mol. The molecule has 3 rings (SSSR count). The first-order valence-corrected chi connectivity index (χ1v) is 7.28. The normalized spacial score (nSPS) is 20.6. The highest BCUT2D eigenvalue weighted by Gasteiger charge is 2.16. The van der Waals surface area contributed by atoms with Crippen molar-refractivity contribution >= 4 is 0 Å². The van der Waals surface area contributed by atoms with Crippen LogP contribution in [-0.4, -0.2) is 51.0 Å². The number of rotatable bonds is 4. The summed E-state index contributed by atoms with van der Waals surface area (Å²) in [6.45, 7) is 5.92. The summed E-state index contributed by atoms with van der Waals surface area (Å²) in [6.07, 6.45) is 0.944. The molecule has 2 N–H and O–H groups in total. The number of hydrogen-bond donors (Lipinski definition) is 1. The molecule has 1 atom stereocenters. The number of fused-ring (bicyclic) bond motifs is 1. The summed E-state index contributed by atoms with van der Waals surface area (Å²) >= 11 is 0. The Kier molecular flexibility index (Phi) is 4.40. The van der Waals surface area contributed by atoms with Gasteiger partial charge in [0.05, 0.1) is 13.2 Å². The topological polar surface area (TPSA) is 57.0 Å². The van der Waals surface area contributed by atoms with E-state index >= 15 is 0 Å². The molecule has 0 aromatic heterocycles. The SMILES string of the molecule is NC(CCN1CCOCC1)c1ccc2c(c1)OCCO2. The van der Waals surface area contributed by atoms with Crippen LogP contribution in [0.15, 0.2) is 18.2 Å². The Morgan fingerprint density at radius 3 is 2.60 bits per heavy atom. The second kappa shape index (κ2) is 6.43. The third-order valence-corrected chi connectivity index (χ3v) is 3.85. The molecule has 20 heavy (non-hydrogen) atoms. The zero-order valence-electron chi connectivity index (χ0n) is 11.7. The van der Waals surface area contributed by atoms with Crippen LogP contribution in [0, 0.1) is 0 Å². The van der Waals surface area contributed by atoms with Gasteiger partial charge in [-0.2, -0.15) is 0 Å². The number of ether oxygens (including phenoxy) is 3. The van der Waals surface area contributed by atoms with Crippen LogP contribution in [-0.2, 0) is 4.74 Å². The molecule has 1 saturated heterocycles. The molecule has 2 aliphatic heterocycles.